The predicted octanol–water partition coefficient (Wildman–Crippen LogP) is 4.69. The molecule has 1 nitrogen and oxygen atoms in total. The number of hydrogen-bond donors (Lipinski definition) is 0. The van der Waals surface area contributed by atoms with Gasteiger partial charge in [-0.25, -0.2) is 4.39 Å². The molecule has 0 N–H and O–H groups in total. The molecule has 0 aliphatic rings. The molecule has 0 bridgehead atoms. The number of hydrogen-bond acceptors (Lipinski definition) is 2. The molecule has 0 radical (unpaired) electrons. The fourth-order valence-electron chi connectivity index (χ4n) is 1.81. The van der Waals surface area contributed by atoms with Crippen LogP contribution in [0, 0.1) is 12.7 Å². The van der Waals surface area contributed by atoms with Gasteiger partial charge in [0, 0.05) is 16.3 Å². The van der Waals surface area contributed by atoms with Crippen LogP contribution in [0.25, 0.3) is 0 Å². The van der Waals surface area contributed by atoms with Crippen LogP contribution in [0.5, 0.6) is 0 Å². The number of carbonyl (C=O) groups excluding carboxylic acids is 1. The zero-order chi connectivity index (χ0) is 14.5. The maximum absolute atomic E-state index is 13.2. The van der Waals surface area contributed by atoms with Gasteiger partial charge in [-0.2, -0.15) is 0 Å². The Balaban J connectivity index is 1.94. The highest BCUT2D eigenvalue weighted by Crippen LogP contribution is 2.22. The van der Waals surface area contributed by atoms with Crippen LogP contribution in [0.4, 0.5) is 4.39 Å². The molecule has 104 valence electrons. The van der Waals surface area contributed by atoms with Crippen molar-refractivity contribution in [3.05, 3.63) is 64.4 Å². The molecule has 0 aliphatic carbocycles. The lowest BCUT2D eigenvalue weighted by atomic mass is 10.0. The van der Waals surface area contributed by atoms with Crippen LogP contribution in [0.2, 0.25) is 5.02 Å². The fraction of sp³-hybridized carbons (Fsp3) is 0.188. The van der Waals surface area contributed by atoms with E-state index in [0.717, 1.165) is 16.0 Å². The number of thioether (sulfide) groups is 1. The molecule has 0 atom stereocenters. The highest BCUT2D eigenvalue weighted by atomic mass is 35.5. The second-order valence-corrected chi connectivity index (χ2v) is 6.02. The summed E-state index contributed by atoms with van der Waals surface area (Å²) in [5.74, 6) is 0.126. The first kappa shape index (κ1) is 15.1. The Morgan fingerprint density at radius 3 is 2.80 bits per heavy atom. The minimum absolute atomic E-state index is 0.0728. The van der Waals surface area contributed by atoms with E-state index in [0.29, 0.717) is 10.8 Å². The number of Topliss-reactive ketones (excluding diaryl/α,β-unsaturated/α-hetero) is 1. The van der Waals surface area contributed by atoms with Gasteiger partial charge in [0.1, 0.15) is 11.6 Å². The molecule has 0 amide bonds. The maximum Gasteiger partial charge on any atom is 0.147 e. The fourth-order valence-corrected chi connectivity index (χ4v) is 2.88. The summed E-state index contributed by atoms with van der Waals surface area (Å²) in [7, 11) is 0. The topological polar surface area (TPSA) is 17.1 Å². The molecule has 0 aliphatic heterocycles. The molecule has 0 saturated carbocycles. The van der Waals surface area contributed by atoms with Crippen LogP contribution in [0.15, 0.2) is 47.4 Å². The van der Waals surface area contributed by atoms with E-state index in [1.54, 1.807) is 12.1 Å². The standard InChI is InChI=1S/C16H14ClFOS/c1-11-5-6-14(18)7-12(11)8-15(19)10-20-16-4-2-3-13(17)9-16/h2-7,9H,8,10H2,1H3. The Morgan fingerprint density at radius 2 is 2.05 bits per heavy atom. The summed E-state index contributed by atoms with van der Waals surface area (Å²) in [6.07, 6.45) is 0.261. The summed E-state index contributed by atoms with van der Waals surface area (Å²) in [6.45, 7) is 1.88. The van der Waals surface area contributed by atoms with Crippen LogP contribution in [-0.2, 0) is 11.2 Å². The summed E-state index contributed by atoms with van der Waals surface area (Å²) >= 11 is 7.33. The van der Waals surface area contributed by atoms with Gasteiger partial charge in [0.25, 0.3) is 0 Å². The number of ketones is 1. The van der Waals surface area contributed by atoms with Gasteiger partial charge in [-0.15, -0.1) is 11.8 Å². The lowest BCUT2D eigenvalue weighted by molar-refractivity contribution is -0.116. The smallest absolute Gasteiger partial charge is 0.147 e. The molecular formula is C16H14ClFOS. The van der Waals surface area contributed by atoms with Gasteiger partial charge >= 0.3 is 0 Å². The molecule has 0 spiro atoms. The van der Waals surface area contributed by atoms with E-state index in [9.17, 15) is 9.18 Å². The second kappa shape index (κ2) is 6.91. The summed E-state index contributed by atoms with van der Waals surface area (Å²) in [6, 6.07) is 11.9. The molecule has 20 heavy (non-hydrogen) atoms. The van der Waals surface area contributed by atoms with Crippen molar-refractivity contribution < 1.29 is 9.18 Å². The van der Waals surface area contributed by atoms with Crippen molar-refractivity contribution in [1.29, 1.82) is 0 Å². The van der Waals surface area contributed by atoms with Crippen molar-refractivity contribution in [2.45, 2.75) is 18.2 Å². The molecule has 2 rings (SSSR count). The first-order valence-corrected chi connectivity index (χ1v) is 7.56. The Hall–Kier alpha value is -1.32. The Bertz CT molecular complexity index is 628. The van der Waals surface area contributed by atoms with E-state index in [2.05, 4.69) is 0 Å². The third kappa shape index (κ3) is 4.36. The third-order valence-electron chi connectivity index (χ3n) is 2.89. The van der Waals surface area contributed by atoms with Crippen molar-refractivity contribution >= 4 is 29.1 Å². The normalized spacial score (nSPS) is 10.6. The van der Waals surface area contributed by atoms with Crippen LogP contribution in [0.1, 0.15) is 11.1 Å². The van der Waals surface area contributed by atoms with E-state index in [1.165, 1.54) is 23.9 Å². The first-order valence-electron chi connectivity index (χ1n) is 6.19. The SMILES string of the molecule is Cc1ccc(F)cc1CC(=O)CSc1cccc(Cl)c1. The Kier molecular flexibility index (Phi) is 5.21. The summed E-state index contributed by atoms with van der Waals surface area (Å²) in [4.78, 5) is 12.9. The van der Waals surface area contributed by atoms with Crippen LogP contribution in [-0.4, -0.2) is 11.5 Å². The van der Waals surface area contributed by atoms with E-state index in [-0.39, 0.29) is 18.0 Å². The summed E-state index contributed by atoms with van der Waals surface area (Å²) in [5, 5.41) is 0.656. The predicted molar refractivity (Wildman–Crippen MR) is 82.0 cm³/mol. The zero-order valence-electron chi connectivity index (χ0n) is 11.0. The van der Waals surface area contributed by atoms with Gasteiger partial charge in [-0.1, -0.05) is 23.7 Å². The van der Waals surface area contributed by atoms with E-state index in [1.807, 2.05) is 25.1 Å². The van der Waals surface area contributed by atoms with Crippen molar-refractivity contribution in [3.8, 4) is 0 Å². The molecule has 0 fully saturated rings. The van der Waals surface area contributed by atoms with E-state index >= 15 is 0 Å². The molecule has 0 heterocycles. The van der Waals surface area contributed by atoms with Gasteiger partial charge in [-0.3, -0.25) is 4.79 Å². The molecule has 2 aromatic carbocycles. The first-order chi connectivity index (χ1) is 9.54. The zero-order valence-corrected chi connectivity index (χ0v) is 12.6. The maximum atomic E-state index is 13.2. The third-order valence-corrected chi connectivity index (χ3v) is 4.18. The van der Waals surface area contributed by atoms with Crippen molar-refractivity contribution in [2.75, 3.05) is 5.75 Å². The molecule has 0 aromatic heterocycles. The minimum Gasteiger partial charge on any atom is -0.298 e. The molecule has 2 aromatic rings. The second-order valence-electron chi connectivity index (χ2n) is 4.53. The minimum atomic E-state index is -0.305. The lowest BCUT2D eigenvalue weighted by Gasteiger charge is -2.06. The average Bonchev–Trinajstić information content (AvgIpc) is 2.41. The Morgan fingerprint density at radius 1 is 1.25 bits per heavy atom. The Labute approximate surface area is 127 Å². The number of rotatable bonds is 5. The number of halogens is 2. The van der Waals surface area contributed by atoms with Crippen LogP contribution >= 0.6 is 23.4 Å². The van der Waals surface area contributed by atoms with Crippen molar-refractivity contribution in [1.82, 2.24) is 0 Å². The lowest BCUT2D eigenvalue weighted by Crippen LogP contribution is -2.07. The number of aryl methyl sites for hydroxylation is 1. The molecule has 4 heteroatoms. The quantitative estimate of drug-likeness (QED) is 0.745. The van der Waals surface area contributed by atoms with Gasteiger partial charge in [0.05, 0.1) is 5.75 Å². The largest absolute Gasteiger partial charge is 0.298 e. The van der Waals surface area contributed by atoms with Gasteiger partial charge in [0.2, 0.25) is 0 Å². The molecule has 0 saturated heterocycles. The summed E-state index contributed by atoms with van der Waals surface area (Å²) < 4.78 is 13.2. The van der Waals surface area contributed by atoms with Gasteiger partial charge in [0.15, 0.2) is 0 Å². The summed E-state index contributed by atoms with van der Waals surface area (Å²) in [5.41, 5.74) is 1.69. The highest BCUT2D eigenvalue weighted by Gasteiger charge is 2.08. The van der Waals surface area contributed by atoms with E-state index < -0.39 is 0 Å². The van der Waals surface area contributed by atoms with Gasteiger partial charge in [-0.05, 0) is 48.4 Å². The van der Waals surface area contributed by atoms with Crippen LogP contribution in [0.3, 0.4) is 0 Å². The van der Waals surface area contributed by atoms with Crippen molar-refractivity contribution in [3.63, 3.8) is 0 Å². The number of carbonyl (C=O) groups is 1. The molecular weight excluding hydrogens is 295 g/mol. The van der Waals surface area contributed by atoms with Crippen molar-refractivity contribution in [2.24, 2.45) is 0 Å². The van der Waals surface area contributed by atoms with Gasteiger partial charge < -0.3 is 0 Å². The number of benzene rings is 2. The molecule has 0 unspecified atom stereocenters. The van der Waals surface area contributed by atoms with Crippen LogP contribution < -0.4 is 0 Å². The monoisotopic (exact) mass is 308 g/mol. The highest BCUT2D eigenvalue weighted by molar-refractivity contribution is 8.00. The average molecular weight is 309 g/mol. The van der Waals surface area contributed by atoms with E-state index in [4.69, 9.17) is 11.6 Å².